The number of carbonyl (C=O) groups is 2. The van der Waals surface area contributed by atoms with Crippen LogP contribution in [0.2, 0.25) is 0 Å². The number of amides is 2. The number of para-hydroxylation sites is 1. The van der Waals surface area contributed by atoms with Crippen LogP contribution in [0.5, 0.6) is 5.75 Å². The zero-order valence-corrected chi connectivity index (χ0v) is 23.4. The number of benzene rings is 3. The molecule has 1 fully saturated rings. The Morgan fingerprint density at radius 2 is 1.88 bits per heavy atom. The van der Waals surface area contributed by atoms with Gasteiger partial charge in [0.2, 0.25) is 0 Å². The first-order valence-corrected chi connectivity index (χ1v) is 14.2. The van der Waals surface area contributed by atoms with E-state index in [0.717, 1.165) is 25.9 Å². The van der Waals surface area contributed by atoms with E-state index in [9.17, 15) is 14.0 Å². The van der Waals surface area contributed by atoms with Crippen LogP contribution in [-0.2, 0) is 0 Å². The summed E-state index contributed by atoms with van der Waals surface area (Å²) < 4.78 is 25.9. The van der Waals surface area contributed by atoms with Crippen LogP contribution in [0.25, 0.3) is 11.0 Å². The van der Waals surface area contributed by atoms with Crippen LogP contribution in [0, 0.1) is 17.7 Å². The molecule has 0 bridgehead atoms. The van der Waals surface area contributed by atoms with Crippen molar-refractivity contribution in [2.75, 3.05) is 26.2 Å². The van der Waals surface area contributed by atoms with Gasteiger partial charge in [0.25, 0.3) is 11.8 Å². The van der Waals surface area contributed by atoms with Crippen molar-refractivity contribution in [3.05, 3.63) is 101 Å². The molecule has 2 amide bonds. The summed E-state index contributed by atoms with van der Waals surface area (Å²) in [5.41, 5.74) is 2.69. The predicted octanol–water partition coefficient (Wildman–Crippen LogP) is 5.86. The van der Waals surface area contributed by atoms with Crippen LogP contribution in [0.1, 0.15) is 64.6 Å². The summed E-state index contributed by atoms with van der Waals surface area (Å²) in [5.74, 6) is 0.239. The van der Waals surface area contributed by atoms with Crippen molar-refractivity contribution in [1.29, 1.82) is 0 Å². The van der Waals surface area contributed by atoms with Gasteiger partial charge in [-0.2, -0.15) is 0 Å². The van der Waals surface area contributed by atoms with Crippen LogP contribution in [-0.4, -0.2) is 38.1 Å². The molecule has 3 N–H and O–H groups in total. The molecule has 0 spiro atoms. The monoisotopic (exact) mass is 557 g/mol. The Labute approximate surface area is 239 Å². The molecule has 8 heteroatoms. The first-order valence-electron chi connectivity index (χ1n) is 14.2. The lowest BCUT2D eigenvalue weighted by molar-refractivity contribution is 0.0940. The summed E-state index contributed by atoms with van der Waals surface area (Å²) in [4.78, 5) is 26.8. The van der Waals surface area contributed by atoms with Gasteiger partial charge in [0.15, 0.2) is 0 Å². The summed E-state index contributed by atoms with van der Waals surface area (Å²) in [6.07, 6.45) is 3.58. The Kier molecular flexibility index (Phi) is 8.99. The molecule has 1 aliphatic heterocycles. The Morgan fingerprint density at radius 3 is 2.63 bits per heavy atom. The highest BCUT2D eigenvalue weighted by molar-refractivity contribution is 6.06. The largest absolute Gasteiger partial charge is 0.493 e. The Hall–Kier alpha value is -4.17. The predicted molar refractivity (Wildman–Crippen MR) is 157 cm³/mol. The third kappa shape index (κ3) is 6.95. The average molecular weight is 558 g/mol. The van der Waals surface area contributed by atoms with Crippen molar-refractivity contribution in [3.63, 3.8) is 0 Å². The third-order valence-electron chi connectivity index (χ3n) is 7.33. The van der Waals surface area contributed by atoms with E-state index in [2.05, 4.69) is 16.0 Å². The Balaban J connectivity index is 1.53. The van der Waals surface area contributed by atoms with Gasteiger partial charge < -0.3 is 25.1 Å². The maximum atomic E-state index is 14.0. The first kappa shape index (κ1) is 28.4. The molecule has 0 aliphatic carbocycles. The molecule has 0 saturated carbocycles. The lowest BCUT2D eigenvalue weighted by Gasteiger charge is -2.26. The minimum Gasteiger partial charge on any atom is -0.493 e. The van der Waals surface area contributed by atoms with E-state index in [0.29, 0.717) is 64.0 Å². The van der Waals surface area contributed by atoms with Crippen LogP contribution in [0.4, 0.5) is 4.39 Å². The van der Waals surface area contributed by atoms with Crippen LogP contribution in [0.15, 0.2) is 77.4 Å². The molecule has 1 aromatic heterocycles. The third-order valence-corrected chi connectivity index (χ3v) is 7.33. The normalized spacial score (nSPS) is 16.0. The van der Waals surface area contributed by atoms with E-state index in [1.165, 1.54) is 18.4 Å². The fourth-order valence-electron chi connectivity index (χ4n) is 5.08. The van der Waals surface area contributed by atoms with Crippen molar-refractivity contribution in [2.24, 2.45) is 11.8 Å². The summed E-state index contributed by atoms with van der Waals surface area (Å²) in [5, 5.41) is 10.2. The number of piperidine rings is 1. The lowest BCUT2D eigenvalue weighted by Crippen LogP contribution is -2.33. The van der Waals surface area contributed by atoms with Crippen molar-refractivity contribution >= 4 is 22.8 Å². The first-order chi connectivity index (χ1) is 19.9. The lowest BCUT2D eigenvalue weighted by atomic mass is 9.95. The van der Waals surface area contributed by atoms with Gasteiger partial charge in [0.05, 0.1) is 18.2 Å². The highest BCUT2D eigenvalue weighted by Crippen LogP contribution is 2.33. The molecule has 7 nitrogen and oxygen atoms in total. The van der Waals surface area contributed by atoms with E-state index in [1.54, 1.807) is 36.4 Å². The minimum atomic E-state index is -0.728. The Morgan fingerprint density at radius 1 is 1.07 bits per heavy atom. The van der Waals surface area contributed by atoms with Gasteiger partial charge in [-0.05, 0) is 67.3 Å². The molecule has 1 aliphatic rings. The van der Waals surface area contributed by atoms with Crippen LogP contribution < -0.4 is 20.7 Å². The molecule has 1 saturated heterocycles. The molecule has 5 rings (SSSR count). The van der Waals surface area contributed by atoms with E-state index in [4.69, 9.17) is 9.15 Å². The summed E-state index contributed by atoms with van der Waals surface area (Å²) in [6, 6.07) is 17.8. The molecule has 2 atom stereocenters. The number of hydrogen-bond donors (Lipinski definition) is 3. The van der Waals surface area contributed by atoms with E-state index >= 15 is 0 Å². The number of carbonyl (C=O) groups excluding carboxylic acids is 2. The van der Waals surface area contributed by atoms with E-state index in [-0.39, 0.29) is 17.6 Å². The number of furan rings is 1. The van der Waals surface area contributed by atoms with Gasteiger partial charge in [-0.3, -0.25) is 9.59 Å². The molecule has 4 aromatic rings. The summed E-state index contributed by atoms with van der Waals surface area (Å²) in [7, 11) is 0. The molecule has 41 heavy (non-hydrogen) atoms. The zero-order valence-electron chi connectivity index (χ0n) is 23.4. The zero-order chi connectivity index (χ0) is 28.8. The van der Waals surface area contributed by atoms with E-state index < -0.39 is 6.04 Å². The second kappa shape index (κ2) is 13.0. The number of halogens is 1. The standard InChI is InChI=1S/C33H36FN3O4/c1-21(2)17-36-32(38)24-11-14-30(40-19-22-6-5-15-35-18-22)27(16-24)31(23-9-12-25(34)13-10-23)37-33(39)28-20-41-29-8-4-3-7-26(28)29/h3-4,7-14,16,20-22,31,35H,5-6,15,17-19H2,1-2H3,(H,36,38)(H,37,39). The van der Waals surface area contributed by atoms with Gasteiger partial charge in [-0.25, -0.2) is 4.39 Å². The molecule has 2 heterocycles. The second-order valence-corrected chi connectivity index (χ2v) is 11.0. The summed E-state index contributed by atoms with van der Waals surface area (Å²) >= 11 is 0. The van der Waals surface area contributed by atoms with Crippen LogP contribution >= 0.6 is 0 Å². The maximum Gasteiger partial charge on any atom is 0.255 e. The Bertz CT molecular complexity index is 1490. The molecule has 0 radical (unpaired) electrons. The molecule has 3 aromatic carbocycles. The van der Waals surface area contributed by atoms with Gasteiger partial charge in [0, 0.05) is 35.5 Å². The number of hydrogen-bond acceptors (Lipinski definition) is 5. The quantitative estimate of drug-likeness (QED) is 0.227. The van der Waals surface area contributed by atoms with Gasteiger partial charge in [0.1, 0.15) is 23.4 Å². The van der Waals surface area contributed by atoms with Crippen molar-refractivity contribution in [1.82, 2.24) is 16.0 Å². The number of fused-ring (bicyclic) bond motifs is 1. The highest BCUT2D eigenvalue weighted by Gasteiger charge is 2.26. The topological polar surface area (TPSA) is 92.6 Å². The molecular weight excluding hydrogens is 521 g/mol. The molecular formula is C33H36FN3O4. The van der Waals surface area contributed by atoms with Crippen molar-refractivity contribution < 1.29 is 23.1 Å². The minimum absolute atomic E-state index is 0.215. The molecule has 2 unspecified atom stereocenters. The molecule has 214 valence electrons. The van der Waals surface area contributed by atoms with Gasteiger partial charge in [-0.15, -0.1) is 0 Å². The van der Waals surface area contributed by atoms with Crippen molar-refractivity contribution in [3.8, 4) is 5.75 Å². The van der Waals surface area contributed by atoms with Gasteiger partial charge in [-0.1, -0.05) is 44.2 Å². The maximum absolute atomic E-state index is 14.0. The van der Waals surface area contributed by atoms with Crippen LogP contribution in [0.3, 0.4) is 0 Å². The highest BCUT2D eigenvalue weighted by atomic mass is 19.1. The van der Waals surface area contributed by atoms with E-state index in [1.807, 2.05) is 32.0 Å². The fraction of sp³-hybridized carbons (Fsp3) is 0.333. The number of nitrogens with one attached hydrogen (secondary N) is 3. The fourth-order valence-corrected chi connectivity index (χ4v) is 5.08. The second-order valence-electron chi connectivity index (χ2n) is 11.0. The number of rotatable bonds is 10. The SMILES string of the molecule is CC(C)CNC(=O)c1ccc(OCC2CCCNC2)c(C(NC(=O)c2coc3ccccc23)c2ccc(F)cc2)c1. The summed E-state index contributed by atoms with van der Waals surface area (Å²) in [6.45, 7) is 6.97. The van der Waals surface area contributed by atoms with Crippen molar-refractivity contribution in [2.45, 2.75) is 32.7 Å². The smallest absolute Gasteiger partial charge is 0.255 e. The van der Waals surface area contributed by atoms with Gasteiger partial charge >= 0.3 is 0 Å². The number of ether oxygens (including phenoxy) is 1. The average Bonchev–Trinajstić information content (AvgIpc) is 3.43.